The van der Waals surface area contributed by atoms with Crippen LogP contribution in [0.2, 0.25) is 0 Å². The topological polar surface area (TPSA) is 9.23 Å². The third-order valence-electron chi connectivity index (χ3n) is 8.02. The molecule has 0 atom stereocenters. The van der Waals surface area contributed by atoms with E-state index in [1.54, 1.807) is 12.1 Å². The summed E-state index contributed by atoms with van der Waals surface area (Å²) in [5, 5.41) is 0. The van der Waals surface area contributed by atoms with Crippen molar-refractivity contribution in [3.8, 4) is 5.75 Å². The van der Waals surface area contributed by atoms with Crippen LogP contribution in [0.25, 0.3) is 0 Å². The lowest BCUT2D eigenvalue weighted by atomic mass is 9.74. The van der Waals surface area contributed by atoms with Crippen molar-refractivity contribution in [2.24, 2.45) is 23.7 Å². The normalized spacial score (nSPS) is 26.7. The van der Waals surface area contributed by atoms with E-state index < -0.39 is 11.6 Å². The molecule has 0 amide bonds. The van der Waals surface area contributed by atoms with Gasteiger partial charge in [-0.25, -0.2) is 4.39 Å². The fourth-order valence-corrected chi connectivity index (χ4v) is 5.95. The first-order valence-corrected chi connectivity index (χ1v) is 13.2. The second kappa shape index (κ2) is 12.8. The summed E-state index contributed by atoms with van der Waals surface area (Å²) in [5.41, 5.74) is 0.502. The highest BCUT2D eigenvalue weighted by Crippen LogP contribution is 2.38. The molecule has 0 heterocycles. The summed E-state index contributed by atoms with van der Waals surface area (Å²) >= 11 is 0. The third-order valence-corrected chi connectivity index (χ3v) is 8.02. The SMILES string of the molecule is CCCOc1ccc(CC[C@H]2CC[C@H](CC[C@H]3CC[C@H](CCC)CC3)CC2)c(F)c1F. The molecular formula is C28H44F2O. The molecule has 3 rings (SSSR count). The van der Waals surface area contributed by atoms with Gasteiger partial charge in [0.2, 0.25) is 5.82 Å². The van der Waals surface area contributed by atoms with Crippen LogP contribution in [0.3, 0.4) is 0 Å². The van der Waals surface area contributed by atoms with Gasteiger partial charge in [-0.1, -0.05) is 97.0 Å². The summed E-state index contributed by atoms with van der Waals surface area (Å²) in [6, 6.07) is 3.31. The largest absolute Gasteiger partial charge is 0.490 e. The van der Waals surface area contributed by atoms with Gasteiger partial charge in [-0.15, -0.1) is 0 Å². The van der Waals surface area contributed by atoms with E-state index in [9.17, 15) is 8.78 Å². The van der Waals surface area contributed by atoms with E-state index in [4.69, 9.17) is 4.74 Å². The number of hydrogen-bond acceptors (Lipinski definition) is 1. The molecular weight excluding hydrogens is 390 g/mol. The molecule has 1 aromatic carbocycles. The molecule has 2 fully saturated rings. The Morgan fingerprint density at radius 3 is 1.71 bits per heavy atom. The van der Waals surface area contributed by atoms with Crippen LogP contribution >= 0.6 is 0 Å². The van der Waals surface area contributed by atoms with Crippen LogP contribution in [-0.4, -0.2) is 6.61 Å². The molecule has 2 aliphatic carbocycles. The van der Waals surface area contributed by atoms with Crippen LogP contribution < -0.4 is 4.74 Å². The summed E-state index contributed by atoms with van der Waals surface area (Å²) in [5.74, 6) is 2.06. The van der Waals surface area contributed by atoms with Gasteiger partial charge in [0.25, 0.3) is 0 Å². The zero-order valence-electron chi connectivity index (χ0n) is 19.9. The van der Waals surface area contributed by atoms with E-state index in [1.165, 1.54) is 77.0 Å². The van der Waals surface area contributed by atoms with Crippen molar-refractivity contribution in [1.29, 1.82) is 0 Å². The van der Waals surface area contributed by atoms with Crippen molar-refractivity contribution in [3.63, 3.8) is 0 Å². The average molecular weight is 435 g/mol. The Kier molecular flexibility index (Phi) is 10.1. The molecule has 0 bridgehead atoms. The molecule has 0 aromatic heterocycles. The van der Waals surface area contributed by atoms with Crippen LogP contribution in [-0.2, 0) is 6.42 Å². The number of halogens is 2. The molecule has 2 aliphatic rings. The van der Waals surface area contributed by atoms with Gasteiger partial charge in [-0.05, 0) is 54.6 Å². The van der Waals surface area contributed by atoms with Crippen molar-refractivity contribution in [1.82, 2.24) is 0 Å². The standard InChI is InChI=1S/C28H44F2O/c1-3-5-21-6-8-22(9-7-21)10-11-23-12-14-24(15-13-23)16-17-25-18-19-26(31-20-4-2)28(30)27(25)29/h18-19,21-24H,3-17,20H2,1-2H3/t21-,22-,23-,24-. The van der Waals surface area contributed by atoms with E-state index in [2.05, 4.69) is 6.92 Å². The highest BCUT2D eigenvalue weighted by atomic mass is 19.2. The maximum absolute atomic E-state index is 14.4. The molecule has 2 saturated carbocycles. The number of hydrogen-bond donors (Lipinski definition) is 0. The van der Waals surface area contributed by atoms with Gasteiger partial charge in [-0.2, -0.15) is 4.39 Å². The summed E-state index contributed by atoms with van der Waals surface area (Å²) < 4.78 is 33.9. The van der Waals surface area contributed by atoms with Crippen LogP contribution in [0.15, 0.2) is 12.1 Å². The zero-order valence-corrected chi connectivity index (χ0v) is 19.9. The van der Waals surface area contributed by atoms with Crippen LogP contribution in [0.5, 0.6) is 5.75 Å². The van der Waals surface area contributed by atoms with Crippen molar-refractivity contribution >= 4 is 0 Å². The van der Waals surface area contributed by atoms with Crippen LogP contribution in [0.1, 0.15) is 109 Å². The molecule has 0 unspecified atom stereocenters. The number of aryl methyl sites for hydroxylation is 1. The summed E-state index contributed by atoms with van der Waals surface area (Å²) in [7, 11) is 0. The van der Waals surface area contributed by atoms with Crippen molar-refractivity contribution in [2.45, 2.75) is 110 Å². The fraction of sp³-hybridized carbons (Fsp3) is 0.786. The Morgan fingerprint density at radius 2 is 1.19 bits per heavy atom. The minimum Gasteiger partial charge on any atom is -0.490 e. The van der Waals surface area contributed by atoms with E-state index in [0.717, 1.165) is 30.6 Å². The van der Waals surface area contributed by atoms with Gasteiger partial charge in [0.15, 0.2) is 11.6 Å². The summed E-state index contributed by atoms with van der Waals surface area (Å²) in [6.45, 7) is 4.69. The van der Waals surface area contributed by atoms with Crippen molar-refractivity contribution < 1.29 is 13.5 Å². The second-order valence-corrected chi connectivity index (χ2v) is 10.4. The van der Waals surface area contributed by atoms with E-state index in [-0.39, 0.29) is 5.75 Å². The Bertz CT molecular complexity index is 643. The molecule has 0 saturated heterocycles. The highest BCUT2D eigenvalue weighted by molar-refractivity contribution is 5.31. The van der Waals surface area contributed by atoms with Crippen molar-refractivity contribution in [2.75, 3.05) is 6.61 Å². The van der Waals surface area contributed by atoms with E-state index >= 15 is 0 Å². The van der Waals surface area contributed by atoms with E-state index in [0.29, 0.717) is 24.5 Å². The lowest BCUT2D eigenvalue weighted by Gasteiger charge is -2.32. The molecule has 0 N–H and O–H groups in total. The number of benzene rings is 1. The van der Waals surface area contributed by atoms with Crippen LogP contribution in [0.4, 0.5) is 8.78 Å². The molecule has 0 spiro atoms. The summed E-state index contributed by atoms with van der Waals surface area (Å²) in [6.07, 6.45) is 19.1. The maximum atomic E-state index is 14.4. The molecule has 0 radical (unpaired) electrons. The van der Waals surface area contributed by atoms with E-state index in [1.807, 2.05) is 6.92 Å². The van der Waals surface area contributed by atoms with Gasteiger partial charge in [0, 0.05) is 0 Å². The lowest BCUT2D eigenvalue weighted by Crippen LogP contribution is -2.18. The quantitative estimate of drug-likeness (QED) is 0.338. The molecule has 1 nitrogen and oxygen atoms in total. The highest BCUT2D eigenvalue weighted by Gasteiger charge is 2.25. The Labute approximate surface area is 189 Å². The molecule has 3 heteroatoms. The lowest BCUT2D eigenvalue weighted by molar-refractivity contribution is 0.209. The van der Waals surface area contributed by atoms with Crippen molar-refractivity contribution in [3.05, 3.63) is 29.3 Å². The fourth-order valence-electron chi connectivity index (χ4n) is 5.95. The van der Waals surface area contributed by atoms with Gasteiger partial charge in [-0.3, -0.25) is 0 Å². The first-order chi connectivity index (χ1) is 15.1. The molecule has 1 aromatic rings. The van der Waals surface area contributed by atoms with Gasteiger partial charge < -0.3 is 4.74 Å². The molecule has 176 valence electrons. The summed E-state index contributed by atoms with van der Waals surface area (Å²) in [4.78, 5) is 0. The number of ether oxygens (including phenoxy) is 1. The Balaban J connectivity index is 1.34. The first kappa shape index (κ1) is 24.5. The maximum Gasteiger partial charge on any atom is 0.200 e. The van der Waals surface area contributed by atoms with Gasteiger partial charge in [0.05, 0.1) is 6.61 Å². The average Bonchev–Trinajstić information content (AvgIpc) is 2.80. The number of rotatable bonds is 11. The second-order valence-electron chi connectivity index (χ2n) is 10.4. The Morgan fingerprint density at radius 1 is 0.677 bits per heavy atom. The third kappa shape index (κ3) is 7.46. The predicted molar refractivity (Wildman–Crippen MR) is 126 cm³/mol. The predicted octanol–water partition coefficient (Wildman–Crippen LogP) is 8.88. The van der Waals surface area contributed by atoms with Gasteiger partial charge in [0.1, 0.15) is 0 Å². The monoisotopic (exact) mass is 434 g/mol. The first-order valence-electron chi connectivity index (χ1n) is 13.2. The smallest absolute Gasteiger partial charge is 0.200 e. The minimum atomic E-state index is -0.821. The zero-order chi connectivity index (χ0) is 22.1. The Hall–Kier alpha value is -1.12. The van der Waals surface area contributed by atoms with Crippen LogP contribution in [0, 0.1) is 35.3 Å². The molecule has 0 aliphatic heterocycles. The van der Waals surface area contributed by atoms with Gasteiger partial charge >= 0.3 is 0 Å². The molecule has 31 heavy (non-hydrogen) atoms. The minimum absolute atomic E-state index is 0.0439.